The summed E-state index contributed by atoms with van der Waals surface area (Å²) >= 11 is 6.42. The summed E-state index contributed by atoms with van der Waals surface area (Å²) in [7, 11) is 0. The molecule has 3 nitrogen and oxygen atoms in total. The van der Waals surface area contributed by atoms with Gasteiger partial charge in [0.05, 0.1) is 16.3 Å². The second-order valence-corrected chi connectivity index (χ2v) is 4.45. The molecule has 2 heterocycles. The van der Waals surface area contributed by atoms with Crippen LogP contribution in [-0.4, -0.2) is 15.0 Å². The zero-order valence-electron chi connectivity index (χ0n) is 8.10. The van der Waals surface area contributed by atoms with E-state index in [1.54, 1.807) is 6.20 Å². The van der Waals surface area contributed by atoms with E-state index >= 15 is 0 Å². The standard InChI is InChI=1S/C10H9N3S2/c1-6-8(9(11)14)15-10(13-6)7-4-2-3-5-12-7/h2-5H,1H3,(H2,11,14). The second kappa shape index (κ2) is 4.04. The lowest BCUT2D eigenvalue weighted by molar-refractivity contribution is 1.23. The van der Waals surface area contributed by atoms with Gasteiger partial charge in [-0.05, 0) is 19.1 Å². The number of aromatic nitrogens is 2. The van der Waals surface area contributed by atoms with Crippen LogP contribution >= 0.6 is 23.6 Å². The summed E-state index contributed by atoms with van der Waals surface area (Å²) in [6.45, 7) is 1.90. The molecule has 2 aromatic rings. The maximum absolute atomic E-state index is 5.59. The summed E-state index contributed by atoms with van der Waals surface area (Å²) in [5.41, 5.74) is 7.31. The maximum Gasteiger partial charge on any atom is 0.142 e. The minimum Gasteiger partial charge on any atom is -0.389 e. The number of hydrogen-bond acceptors (Lipinski definition) is 4. The quantitative estimate of drug-likeness (QED) is 0.810. The smallest absolute Gasteiger partial charge is 0.142 e. The van der Waals surface area contributed by atoms with Crippen molar-refractivity contribution in [3.63, 3.8) is 0 Å². The van der Waals surface area contributed by atoms with Crippen molar-refractivity contribution in [3.05, 3.63) is 35.0 Å². The van der Waals surface area contributed by atoms with Gasteiger partial charge in [0.1, 0.15) is 10.00 Å². The van der Waals surface area contributed by atoms with Crippen LogP contribution in [0.5, 0.6) is 0 Å². The summed E-state index contributed by atoms with van der Waals surface area (Å²) in [5.74, 6) is 0. The second-order valence-electron chi connectivity index (χ2n) is 3.01. The van der Waals surface area contributed by atoms with Crippen molar-refractivity contribution in [1.82, 2.24) is 9.97 Å². The largest absolute Gasteiger partial charge is 0.389 e. The Hall–Kier alpha value is -1.33. The number of nitrogens with zero attached hydrogens (tertiary/aromatic N) is 2. The molecule has 0 aliphatic rings. The molecule has 0 aliphatic heterocycles. The van der Waals surface area contributed by atoms with Gasteiger partial charge in [0.2, 0.25) is 0 Å². The van der Waals surface area contributed by atoms with Crippen LogP contribution in [0.1, 0.15) is 10.6 Å². The van der Waals surface area contributed by atoms with Gasteiger partial charge in [0.25, 0.3) is 0 Å². The number of aryl methyl sites for hydroxylation is 1. The predicted molar refractivity (Wildman–Crippen MR) is 66.0 cm³/mol. The lowest BCUT2D eigenvalue weighted by Gasteiger charge is -1.91. The van der Waals surface area contributed by atoms with Crippen molar-refractivity contribution in [2.75, 3.05) is 0 Å². The molecular formula is C10H9N3S2. The molecule has 0 radical (unpaired) electrons. The van der Waals surface area contributed by atoms with Gasteiger partial charge in [-0.3, -0.25) is 4.98 Å². The molecule has 0 bridgehead atoms. The van der Waals surface area contributed by atoms with Crippen LogP contribution in [0.15, 0.2) is 24.4 Å². The van der Waals surface area contributed by atoms with Gasteiger partial charge in [-0.15, -0.1) is 11.3 Å². The monoisotopic (exact) mass is 235 g/mol. The number of nitrogens with two attached hydrogens (primary N) is 1. The van der Waals surface area contributed by atoms with E-state index in [9.17, 15) is 0 Å². The van der Waals surface area contributed by atoms with E-state index < -0.39 is 0 Å². The van der Waals surface area contributed by atoms with E-state index in [1.807, 2.05) is 25.1 Å². The fourth-order valence-corrected chi connectivity index (χ4v) is 2.39. The molecule has 5 heteroatoms. The van der Waals surface area contributed by atoms with Crippen LogP contribution in [0.3, 0.4) is 0 Å². The predicted octanol–water partition coefficient (Wildman–Crippen LogP) is 2.15. The van der Waals surface area contributed by atoms with Gasteiger partial charge < -0.3 is 5.73 Å². The average molecular weight is 235 g/mol. The van der Waals surface area contributed by atoms with Crippen LogP contribution in [0.2, 0.25) is 0 Å². The molecule has 0 saturated heterocycles. The molecule has 0 amide bonds. The van der Waals surface area contributed by atoms with Crippen LogP contribution < -0.4 is 5.73 Å². The molecule has 0 saturated carbocycles. The zero-order chi connectivity index (χ0) is 10.8. The van der Waals surface area contributed by atoms with Crippen LogP contribution in [0.25, 0.3) is 10.7 Å². The van der Waals surface area contributed by atoms with E-state index in [-0.39, 0.29) is 0 Å². The Morgan fingerprint density at radius 2 is 2.27 bits per heavy atom. The SMILES string of the molecule is Cc1nc(-c2ccccn2)sc1C(N)=S. The lowest BCUT2D eigenvalue weighted by atomic mass is 10.3. The average Bonchev–Trinajstić information content (AvgIpc) is 2.62. The molecular weight excluding hydrogens is 226 g/mol. The van der Waals surface area contributed by atoms with Gasteiger partial charge in [-0.1, -0.05) is 18.3 Å². The maximum atomic E-state index is 5.59. The third-order valence-electron chi connectivity index (χ3n) is 1.90. The highest BCUT2D eigenvalue weighted by molar-refractivity contribution is 7.81. The normalized spacial score (nSPS) is 10.2. The summed E-state index contributed by atoms with van der Waals surface area (Å²) in [4.78, 5) is 9.88. The summed E-state index contributed by atoms with van der Waals surface area (Å²) in [6.07, 6.45) is 1.74. The molecule has 0 atom stereocenters. The molecule has 0 fully saturated rings. The third kappa shape index (κ3) is 2.03. The minimum absolute atomic E-state index is 0.396. The minimum atomic E-state index is 0.396. The van der Waals surface area contributed by atoms with E-state index in [1.165, 1.54) is 11.3 Å². The van der Waals surface area contributed by atoms with Crippen LogP contribution in [0, 0.1) is 6.92 Å². The fraction of sp³-hybridized carbons (Fsp3) is 0.100. The van der Waals surface area contributed by atoms with E-state index in [2.05, 4.69) is 9.97 Å². The molecule has 0 aliphatic carbocycles. The van der Waals surface area contributed by atoms with E-state index in [0.29, 0.717) is 4.99 Å². The Morgan fingerprint density at radius 3 is 2.80 bits per heavy atom. The van der Waals surface area contributed by atoms with Crippen LogP contribution in [0.4, 0.5) is 0 Å². The number of hydrogen-bond donors (Lipinski definition) is 1. The molecule has 2 N–H and O–H groups in total. The first kappa shape index (κ1) is 10.2. The first-order valence-electron chi connectivity index (χ1n) is 4.37. The van der Waals surface area contributed by atoms with Crippen molar-refractivity contribution in [3.8, 4) is 10.7 Å². The van der Waals surface area contributed by atoms with Crippen molar-refractivity contribution in [2.45, 2.75) is 6.92 Å². The number of thiazole rings is 1. The zero-order valence-corrected chi connectivity index (χ0v) is 9.73. The Morgan fingerprint density at radius 1 is 1.47 bits per heavy atom. The highest BCUT2D eigenvalue weighted by Gasteiger charge is 2.11. The summed E-state index contributed by atoms with van der Waals surface area (Å²) in [6, 6.07) is 5.72. The topological polar surface area (TPSA) is 51.8 Å². The van der Waals surface area contributed by atoms with E-state index in [0.717, 1.165) is 21.3 Å². The van der Waals surface area contributed by atoms with Crippen molar-refractivity contribution >= 4 is 28.5 Å². The Bertz CT molecular complexity index is 491. The lowest BCUT2D eigenvalue weighted by Crippen LogP contribution is -2.08. The van der Waals surface area contributed by atoms with Gasteiger partial charge >= 0.3 is 0 Å². The first-order valence-corrected chi connectivity index (χ1v) is 5.59. The Labute approximate surface area is 97.0 Å². The van der Waals surface area contributed by atoms with Gasteiger partial charge in [-0.25, -0.2) is 4.98 Å². The van der Waals surface area contributed by atoms with E-state index in [4.69, 9.17) is 18.0 Å². The number of rotatable bonds is 2. The van der Waals surface area contributed by atoms with Crippen molar-refractivity contribution < 1.29 is 0 Å². The molecule has 0 aromatic carbocycles. The highest BCUT2D eigenvalue weighted by atomic mass is 32.1. The van der Waals surface area contributed by atoms with Gasteiger partial charge in [0, 0.05) is 6.20 Å². The fourth-order valence-electron chi connectivity index (χ4n) is 1.22. The summed E-state index contributed by atoms with van der Waals surface area (Å²) < 4.78 is 0. The van der Waals surface area contributed by atoms with Gasteiger partial charge in [-0.2, -0.15) is 0 Å². The number of thiocarbonyl (C=S) groups is 1. The molecule has 2 rings (SSSR count). The molecule has 76 valence electrons. The first-order chi connectivity index (χ1) is 7.18. The Kier molecular flexibility index (Phi) is 2.75. The van der Waals surface area contributed by atoms with Crippen LogP contribution in [-0.2, 0) is 0 Å². The molecule has 0 unspecified atom stereocenters. The van der Waals surface area contributed by atoms with Gasteiger partial charge in [0.15, 0.2) is 0 Å². The highest BCUT2D eigenvalue weighted by Crippen LogP contribution is 2.25. The molecule has 0 spiro atoms. The third-order valence-corrected chi connectivity index (χ3v) is 3.45. The number of pyridine rings is 1. The van der Waals surface area contributed by atoms with Crippen molar-refractivity contribution in [1.29, 1.82) is 0 Å². The van der Waals surface area contributed by atoms with Crippen molar-refractivity contribution in [2.24, 2.45) is 5.73 Å². The molecule has 2 aromatic heterocycles. The summed E-state index contributed by atoms with van der Waals surface area (Å²) in [5, 5.41) is 0.857. The Balaban J connectivity index is 2.48. The molecule has 15 heavy (non-hydrogen) atoms.